The van der Waals surface area contributed by atoms with Crippen molar-refractivity contribution in [2.24, 2.45) is 0 Å². The van der Waals surface area contributed by atoms with E-state index in [1.54, 1.807) is 7.11 Å². The molecule has 0 saturated heterocycles. The highest BCUT2D eigenvalue weighted by atomic mass is 16.5. The molecule has 0 unspecified atom stereocenters. The summed E-state index contributed by atoms with van der Waals surface area (Å²) in [6, 6.07) is 20.2. The van der Waals surface area contributed by atoms with E-state index >= 15 is 0 Å². The van der Waals surface area contributed by atoms with Gasteiger partial charge in [-0.25, -0.2) is 4.98 Å². The van der Waals surface area contributed by atoms with Gasteiger partial charge in [-0.1, -0.05) is 36.4 Å². The third-order valence-corrected chi connectivity index (χ3v) is 4.31. The highest BCUT2D eigenvalue weighted by Gasteiger charge is 2.06. The zero-order valence-corrected chi connectivity index (χ0v) is 13.9. The molecular formula is C21H18N2O2. The highest BCUT2D eigenvalue weighted by Crippen LogP contribution is 2.26. The van der Waals surface area contributed by atoms with Crippen molar-refractivity contribution in [1.29, 1.82) is 0 Å². The van der Waals surface area contributed by atoms with Crippen molar-refractivity contribution in [3.8, 4) is 28.1 Å². The molecule has 0 aliphatic rings. The van der Waals surface area contributed by atoms with Gasteiger partial charge >= 0.3 is 0 Å². The number of aliphatic hydroxyl groups is 1. The Morgan fingerprint density at radius 1 is 0.920 bits per heavy atom. The van der Waals surface area contributed by atoms with Crippen molar-refractivity contribution >= 4 is 5.65 Å². The smallest absolute Gasteiger partial charge is 0.137 e. The van der Waals surface area contributed by atoms with E-state index in [-0.39, 0.29) is 6.61 Å². The first kappa shape index (κ1) is 15.4. The van der Waals surface area contributed by atoms with Gasteiger partial charge in [-0.05, 0) is 41.0 Å². The van der Waals surface area contributed by atoms with Gasteiger partial charge < -0.3 is 14.2 Å². The van der Waals surface area contributed by atoms with Crippen LogP contribution in [0.2, 0.25) is 0 Å². The van der Waals surface area contributed by atoms with E-state index in [1.807, 2.05) is 41.1 Å². The monoisotopic (exact) mass is 330 g/mol. The number of pyridine rings is 1. The molecule has 0 bridgehead atoms. The molecule has 4 nitrogen and oxygen atoms in total. The molecule has 124 valence electrons. The first-order chi connectivity index (χ1) is 12.3. The quantitative estimate of drug-likeness (QED) is 0.611. The molecular weight excluding hydrogens is 312 g/mol. The van der Waals surface area contributed by atoms with Crippen molar-refractivity contribution in [2.75, 3.05) is 7.11 Å². The number of methoxy groups -OCH3 is 1. The fourth-order valence-corrected chi connectivity index (χ4v) is 2.88. The Hall–Kier alpha value is -3.11. The van der Waals surface area contributed by atoms with Crippen molar-refractivity contribution < 1.29 is 9.84 Å². The summed E-state index contributed by atoms with van der Waals surface area (Å²) in [5, 5.41) is 9.25. The van der Waals surface area contributed by atoms with Crippen LogP contribution in [0.4, 0.5) is 0 Å². The Balaban J connectivity index is 1.65. The third kappa shape index (κ3) is 2.99. The van der Waals surface area contributed by atoms with Crippen molar-refractivity contribution in [3.63, 3.8) is 0 Å². The summed E-state index contributed by atoms with van der Waals surface area (Å²) in [4.78, 5) is 4.65. The Morgan fingerprint density at radius 3 is 2.20 bits per heavy atom. The number of fused-ring (bicyclic) bond motifs is 1. The molecule has 0 spiro atoms. The summed E-state index contributed by atoms with van der Waals surface area (Å²) in [5.41, 5.74) is 5.97. The van der Waals surface area contributed by atoms with Crippen LogP contribution in [0.15, 0.2) is 73.1 Å². The van der Waals surface area contributed by atoms with Gasteiger partial charge in [0.15, 0.2) is 0 Å². The number of aromatic nitrogens is 2. The summed E-state index contributed by atoms with van der Waals surface area (Å²) >= 11 is 0. The van der Waals surface area contributed by atoms with E-state index in [0.717, 1.165) is 39.3 Å². The minimum Gasteiger partial charge on any atom is -0.497 e. The number of aliphatic hydroxyl groups excluding tert-OH is 1. The Kier molecular flexibility index (Phi) is 3.96. The maximum absolute atomic E-state index is 9.25. The van der Waals surface area contributed by atoms with Gasteiger partial charge in [-0.15, -0.1) is 0 Å². The van der Waals surface area contributed by atoms with Crippen LogP contribution < -0.4 is 4.74 Å². The van der Waals surface area contributed by atoms with Gasteiger partial charge in [0.25, 0.3) is 0 Å². The Bertz CT molecular complexity index is 1000. The average molecular weight is 330 g/mol. The standard InChI is InChI=1S/C21H18N2O2/c1-25-19-8-6-17(7-9-19)16-2-4-18(5-3-16)20-13-23-11-10-15(14-24)12-21(23)22-20/h2-13,24H,14H2,1H3. The molecule has 2 heterocycles. The zero-order valence-electron chi connectivity index (χ0n) is 13.9. The average Bonchev–Trinajstić information content (AvgIpc) is 3.11. The van der Waals surface area contributed by atoms with Crippen LogP contribution >= 0.6 is 0 Å². The van der Waals surface area contributed by atoms with E-state index in [9.17, 15) is 5.11 Å². The molecule has 0 fully saturated rings. The minimum atomic E-state index is 0.0231. The molecule has 0 saturated carbocycles. The normalized spacial score (nSPS) is 11.0. The fraction of sp³-hybridized carbons (Fsp3) is 0.0952. The second-order valence-corrected chi connectivity index (χ2v) is 5.89. The first-order valence-corrected chi connectivity index (χ1v) is 8.10. The molecule has 4 heteroatoms. The molecule has 0 radical (unpaired) electrons. The van der Waals surface area contributed by atoms with E-state index in [4.69, 9.17) is 4.74 Å². The van der Waals surface area contributed by atoms with Gasteiger partial charge in [-0.3, -0.25) is 0 Å². The van der Waals surface area contributed by atoms with Crippen molar-refractivity contribution in [1.82, 2.24) is 9.38 Å². The molecule has 0 atom stereocenters. The predicted molar refractivity (Wildman–Crippen MR) is 98.5 cm³/mol. The molecule has 4 aromatic rings. The number of hydrogen-bond acceptors (Lipinski definition) is 3. The lowest BCUT2D eigenvalue weighted by Crippen LogP contribution is -1.87. The lowest BCUT2D eigenvalue weighted by molar-refractivity contribution is 0.282. The van der Waals surface area contributed by atoms with Crippen LogP contribution in [0.3, 0.4) is 0 Å². The van der Waals surface area contributed by atoms with Gasteiger partial charge in [0.1, 0.15) is 11.4 Å². The summed E-state index contributed by atoms with van der Waals surface area (Å²) < 4.78 is 7.17. The highest BCUT2D eigenvalue weighted by molar-refractivity contribution is 5.70. The number of imidazole rings is 1. The summed E-state index contributed by atoms with van der Waals surface area (Å²) in [7, 11) is 1.67. The largest absolute Gasteiger partial charge is 0.497 e. The summed E-state index contributed by atoms with van der Waals surface area (Å²) in [6.45, 7) is 0.0231. The number of rotatable bonds is 4. The lowest BCUT2D eigenvalue weighted by Gasteiger charge is -2.04. The maximum atomic E-state index is 9.25. The molecule has 2 aromatic heterocycles. The topological polar surface area (TPSA) is 46.8 Å². The summed E-state index contributed by atoms with van der Waals surface area (Å²) in [6.07, 6.45) is 3.92. The summed E-state index contributed by atoms with van der Waals surface area (Å²) in [5.74, 6) is 0.854. The van der Waals surface area contributed by atoms with Crippen LogP contribution in [0.1, 0.15) is 5.56 Å². The molecule has 25 heavy (non-hydrogen) atoms. The predicted octanol–water partition coefficient (Wildman–Crippen LogP) is 4.17. The van der Waals surface area contributed by atoms with Crippen molar-refractivity contribution in [2.45, 2.75) is 6.61 Å². The Labute approximate surface area is 146 Å². The fourth-order valence-electron chi connectivity index (χ4n) is 2.88. The van der Waals surface area contributed by atoms with Crippen molar-refractivity contribution in [3.05, 3.63) is 78.6 Å². The van der Waals surface area contributed by atoms with E-state index in [2.05, 4.69) is 41.4 Å². The second-order valence-electron chi connectivity index (χ2n) is 5.89. The van der Waals surface area contributed by atoms with Crippen LogP contribution in [-0.2, 0) is 6.61 Å². The van der Waals surface area contributed by atoms with Gasteiger partial charge in [0.05, 0.1) is 19.4 Å². The SMILES string of the molecule is COc1ccc(-c2ccc(-c3cn4ccc(CO)cc4n3)cc2)cc1. The number of ether oxygens (including phenoxy) is 1. The van der Waals surface area contributed by atoms with Gasteiger partial charge in [-0.2, -0.15) is 0 Å². The lowest BCUT2D eigenvalue weighted by atomic mass is 10.0. The zero-order chi connectivity index (χ0) is 17.2. The molecule has 2 aromatic carbocycles. The second kappa shape index (κ2) is 6.42. The molecule has 4 rings (SSSR count). The van der Waals surface area contributed by atoms with Crippen LogP contribution in [0.25, 0.3) is 28.0 Å². The third-order valence-electron chi connectivity index (χ3n) is 4.31. The molecule has 0 aliphatic heterocycles. The minimum absolute atomic E-state index is 0.0231. The van der Waals surface area contributed by atoms with Crippen LogP contribution in [0, 0.1) is 0 Å². The van der Waals surface area contributed by atoms with Gasteiger partial charge in [0.2, 0.25) is 0 Å². The number of nitrogens with zero attached hydrogens (tertiary/aromatic N) is 2. The maximum Gasteiger partial charge on any atom is 0.137 e. The van der Waals surface area contributed by atoms with E-state index in [0.29, 0.717) is 0 Å². The van der Waals surface area contributed by atoms with E-state index < -0.39 is 0 Å². The Morgan fingerprint density at radius 2 is 1.56 bits per heavy atom. The van der Waals surface area contributed by atoms with E-state index in [1.165, 1.54) is 0 Å². The van der Waals surface area contributed by atoms with Crippen LogP contribution in [-0.4, -0.2) is 21.6 Å². The number of benzene rings is 2. The molecule has 1 N–H and O–H groups in total. The molecule has 0 amide bonds. The van der Waals surface area contributed by atoms with Crippen LogP contribution in [0.5, 0.6) is 5.75 Å². The first-order valence-electron chi connectivity index (χ1n) is 8.10. The molecule has 0 aliphatic carbocycles. The van der Waals surface area contributed by atoms with Gasteiger partial charge in [0, 0.05) is 18.0 Å². The number of hydrogen-bond donors (Lipinski definition) is 1.